The van der Waals surface area contributed by atoms with Gasteiger partial charge in [0, 0.05) is 63.2 Å². The Labute approximate surface area is 254 Å². The molecule has 10 nitrogen and oxygen atoms in total. The number of hydrogen-bond acceptors (Lipinski definition) is 6. The summed E-state index contributed by atoms with van der Waals surface area (Å²) < 4.78 is 0. The van der Waals surface area contributed by atoms with Gasteiger partial charge in [-0.1, -0.05) is 36.4 Å². The minimum absolute atomic E-state index is 0.0499. The maximum atomic E-state index is 13.1. The van der Waals surface area contributed by atoms with Crippen LogP contribution in [-0.2, 0) is 20.9 Å². The van der Waals surface area contributed by atoms with Crippen LogP contribution in [0.15, 0.2) is 54.6 Å². The summed E-state index contributed by atoms with van der Waals surface area (Å²) in [4.78, 5) is 55.0. The molecule has 43 heavy (non-hydrogen) atoms. The van der Waals surface area contributed by atoms with Crippen LogP contribution in [0.1, 0.15) is 60.9 Å². The predicted molar refractivity (Wildman–Crippen MR) is 164 cm³/mol. The highest BCUT2D eigenvalue weighted by atomic mass is 16.3. The molecule has 0 spiro atoms. The lowest BCUT2D eigenvalue weighted by molar-refractivity contribution is -0.136. The highest BCUT2D eigenvalue weighted by molar-refractivity contribution is 5.94. The predicted octanol–water partition coefficient (Wildman–Crippen LogP) is 2.67. The molecule has 4 N–H and O–H groups in total. The van der Waals surface area contributed by atoms with E-state index in [1.807, 2.05) is 36.4 Å². The summed E-state index contributed by atoms with van der Waals surface area (Å²) in [6.45, 7) is 3.17. The SMILES string of the molecule is CN1CC(=O)N[C@@H](CCCCNC(=O)c2ccccc2)CC(=O)NCC[C@H]2CN(Cc3ccccc3O)CC[C@H]2CC1=O. The molecular formula is C33H45N5O5. The van der Waals surface area contributed by atoms with Crippen molar-refractivity contribution < 1.29 is 24.3 Å². The molecule has 0 aliphatic carbocycles. The number of benzene rings is 2. The van der Waals surface area contributed by atoms with Gasteiger partial charge in [0.1, 0.15) is 5.75 Å². The first kappa shape index (κ1) is 32.0. The fourth-order valence-corrected chi connectivity index (χ4v) is 6.07. The summed E-state index contributed by atoms with van der Waals surface area (Å²) >= 11 is 0. The maximum Gasteiger partial charge on any atom is 0.251 e. The average molecular weight is 592 g/mol. The number of likely N-dealkylation sites (tertiary alicyclic amines) is 1. The van der Waals surface area contributed by atoms with Gasteiger partial charge in [-0.15, -0.1) is 0 Å². The van der Waals surface area contributed by atoms with Gasteiger partial charge in [-0.3, -0.25) is 24.1 Å². The molecule has 0 aromatic heterocycles. The van der Waals surface area contributed by atoms with Crippen LogP contribution in [0.25, 0.3) is 0 Å². The maximum absolute atomic E-state index is 13.1. The summed E-state index contributed by atoms with van der Waals surface area (Å²) in [5.74, 6) is 0.0836. The van der Waals surface area contributed by atoms with E-state index in [0.29, 0.717) is 44.5 Å². The van der Waals surface area contributed by atoms with Crippen molar-refractivity contribution in [3.8, 4) is 5.75 Å². The summed E-state index contributed by atoms with van der Waals surface area (Å²) in [6, 6.07) is 16.0. The Balaban J connectivity index is 1.31. The number of amides is 4. The zero-order valence-electron chi connectivity index (χ0n) is 25.1. The molecule has 2 heterocycles. The number of carbonyl (C=O) groups excluding carboxylic acids is 4. The van der Waals surface area contributed by atoms with E-state index in [1.165, 1.54) is 4.90 Å². The highest BCUT2D eigenvalue weighted by Crippen LogP contribution is 2.31. The van der Waals surface area contributed by atoms with E-state index in [0.717, 1.165) is 37.9 Å². The third-order valence-electron chi connectivity index (χ3n) is 8.54. The molecule has 0 bridgehead atoms. The smallest absolute Gasteiger partial charge is 0.251 e. The van der Waals surface area contributed by atoms with E-state index < -0.39 is 0 Å². The van der Waals surface area contributed by atoms with Crippen molar-refractivity contribution in [1.29, 1.82) is 0 Å². The molecule has 2 aliphatic rings. The number of para-hydroxylation sites is 1. The Morgan fingerprint density at radius 3 is 2.51 bits per heavy atom. The zero-order valence-corrected chi connectivity index (χ0v) is 25.1. The molecule has 2 aromatic rings. The van der Waals surface area contributed by atoms with Crippen LogP contribution in [0.4, 0.5) is 0 Å². The number of nitrogens with zero attached hydrogens (tertiary/aromatic N) is 2. The van der Waals surface area contributed by atoms with Crippen LogP contribution in [0, 0.1) is 11.8 Å². The first-order valence-corrected chi connectivity index (χ1v) is 15.4. The number of phenolic OH excluding ortho intramolecular Hbond substituents is 1. The van der Waals surface area contributed by atoms with Crippen LogP contribution in [0.5, 0.6) is 5.75 Å². The van der Waals surface area contributed by atoms with Crippen LogP contribution < -0.4 is 16.0 Å². The van der Waals surface area contributed by atoms with E-state index in [1.54, 1.807) is 25.2 Å². The molecule has 0 saturated carbocycles. The quantitative estimate of drug-likeness (QED) is 0.349. The summed E-state index contributed by atoms with van der Waals surface area (Å²) in [5, 5.41) is 19.2. The fraction of sp³-hybridized carbons (Fsp3) is 0.515. The van der Waals surface area contributed by atoms with Gasteiger partial charge in [0.15, 0.2) is 0 Å². The third-order valence-corrected chi connectivity index (χ3v) is 8.54. The number of phenols is 1. The average Bonchev–Trinajstić information content (AvgIpc) is 2.99. The van der Waals surface area contributed by atoms with Gasteiger partial charge in [-0.25, -0.2) is 0 Å². The van der Waals surface area contributed by atoms with Gasteiger partial charge in [0.25, 0.3) is 5.91 Å². The number of hydrogen-bond donors (Lipinski definition) is 4. The fourth-order valence-electron chi connectivity index (χ4n) is 6.07. The number of unbranched alkanes of at least 4 members (excludes halogenated alkanes) is 1. The van der Waals surface area contributed by atoms with Gasteiger partial charge in [-0.05, 0) is 68.7 Å². The molecule has 10 heteroatoms. The number of fused-ring (bicyclic) bond motifs is 1. The van der Waals surface area contributed by atoms with Crippen molar-refractivity contribution in [2.75, 3.05) is 39.8 Å². The molecule has 2 aromatic carbocycles. The molecule has 4 rings (SSSR count). The number of nitrogens with one attached hydrogen (secondary N) is 3. The Hall–Kier alpha value is -3.92. The molecule has 2 fully saturated rings. The van der Waals surface area contributed by atoms with E-state index in [4.69, 9.17) is 0 Å². The monoisotopic (exact) mass is 591 g/mol. The lowest BCUT2D eigenvalue weighted by atomic mass is 9.80. The summed E-state index contributed by atoms with van der Waals surface area (Å²) in [5.41, 5.74) is 1.49. The normalized spacial score (nSPS) is 22.6. The Bertz CT molecular complexity index is 1240. The second kappa shape index (κ2) is 16.1. The second-order valence-corrected chi connectivity index (χ2v) is 11.9. The van der Waals surface area contributed by atoms with Crippen molar-refractivity contribution in [2.24, 2.45) is 11.8 Å². The topological polar surface area (TPSA) is 131 Å². The van der Waals surface area contributed by atoms with Crippen molar-refractivity contribution in [1.82, 2.24) is 25.8 Å². The Morgan fingerprint density at radius 1 is 0.953 bits per heavy atom. The summed E-state index contributed by atoms with van der Waals surface area (Å²) in [7, 11) is 1.66. The van der Waals surface area contributed by atoms with Crippen LogP contribution in [0.3, 0.4) is 0 Å². The minimum Gasteiger partial charge on any atom is -0.508 e. The van der Waals surface area contributed by atoms with Gasteiger partial charge in [0.2, 0.25) is 17.7 Å². The highest BCUT2D eigenvalue weighted by Gasteiger charge is 2.32. The van der Waals surface area contributed by atoms with Crippen LogP contribution >= 0.6 is 0 Å². The molecule has 0 unspecified atom stereocenters. The van der Waals surface area contributed by atoms with Crippen molar-refractivity contribution in [3.05, 3.63) is 65.7 Å². The Morgan fingerprint density at radius 2 is 1.72 bits per heavy atom. The van der Waals surface area contributed by atoms with Crippen molar-refractivity contribution in [3.63, 3.8) is 0 Å². The van der Waals surface area contributed by atoms with E-state index in [9.17, 15) is 24.3 Å². The number of rotatable bonds is 8. The molecule has 0 radical (unpaired) electrons. The molecule has 3 atom stereocenters. The first-order chi connectivity index (χ1) is 20.8. The van der Waals surface area contributed by atoms with Crippen LogP contribution in [0.2, 0.25) is 0 Å². The van der Waals surface area contributed by atoms with Crippen LogP contribution in [-0.4, -0.2) is 84.3 Å². The minimum atomic E-state index is -0.361. The molecule has 2 aliphatic heterocycles. The van der Waals surface area contributed by atoms with Crippen molar-refractivity contribution >= 4 is 23.6 Å². The standard InChI is InChI=1S/C33H45N5O5/c1-37-23-31(41)36-28(12-7-8-16-35-33(43)24-9-3-2-4-10-24)20-30(40)34-17-14-26-21-38(18-15-25(26)19-32(37)42)22-27-11-5-6-13-29(27)39/h2-6,9-11,13,25-26,28,39H,7-8,12,14-23H2,1H3,(H,34,40)(H,35,43)(H,36,41)/t25-,26-,28-/m0/s1. The number of likely N-dealkylation sites (N-methyl/N-ethyl adjacent to an activating group) is 1. The third kappa shape index (κ3) is 10.1. The van der Waals surface area contributed by atoms with E-state index in [2.05, 4.69) is 20.9 Å². The van der Waals surface area contributed by atoms with Gasteiger partial charge in [-0.2, -0.15) is 0 Å². The van der Waals surface area contributed by atoms with E-state index >= 15 is 0 Å². The number of piperidine rings is 1. The number of aromatic hydroxyl groups is 1. The van der Waals surface area contributed by atoms with Gasteiger partial charge >= 0.3 is 0 Å². The first-order valence-electron chi connectivity index (χ1n) is 15.4. The summed E-state index contributed by atoms with van der Waals surface area (Å²) in [6.07, 6.45) is 4.14. The van der Waals surface area contributed by atoms with Crippen molar-refractivity contribution in [2.45, 2.75) is 57.5 Å². The Kier molecular flexibility index (Phi) is 12.0. The van der Waals surface area contributed by atoms with Gasteiger partial charge < -0.3 is 26.0 Å². The molecule has 2 saturated heterocycles. The molecule has 4 amide bonds. The van der Waals surface area contributed by atoms with Gasteiger partial charge in [0.05, 0.1) is 6.54 Å². The lowest BCUT2D eigenvalue weighted by Gasteiger charge is -2.39. The second-order valence-electron chi connectivity index (χ2n) is 11.9. The molecule has 232 valence electrons. The number of carbonyl (C=O) groups is 4. The largest absolute Gasteiger partial charge is 0.508 e. The lowest BCUT2D eigenvalue weighted by Crippen LogP contribution is -2.47. The molecular weight excluding hydrogens is 546 g/mol. The van der Waals surface area contributed by atoms with E-state index in [-0.39, 0.29) is 60.2 Å². The zero-order chi connectivity index (χ0) is 30.6.